The standard InChI is InChI=1S/C46H71N3O8/c1-7-8-9-10-11-12-13-14-15-16-23-28-39(50)33(4)42-34(5)43(51)48-40(32(2)3)44(52)49-41(35(6)56-30-37-26-21-18-22-27-37)45(53)47-38(46(54)57-42)31-55-29-36-24-19-17-20-25-36/h17-22,24-27,32-35,38-42,50H,7-16,23,28-31H2,1-6H3,(H,47,53)(H,48,51)(H,49,52)/t33-,34+,35+,38-,39+,40-,41-,42+/m0/s1. The molecule has 0 aliphatic carbocycles. The van der Waals surface area contributed by atoms with Crippen LogP contribution < -0.4 is 16.0 Å². The van der Waals surface area contributed by atoms with Crippen LogP contribution in [0.25, 0.3) is 0 Å². The number of unbranched alkanes of at least 4 members (excludes halogenated alkanes) is 10. The molecule has 1 aliphatic rings. The Kier molecular flexibility index (Phi) is 21.9. The van der Waals surface area contributed by atoms with Gasteiger partial charge in [0.05, 0.1) is 37.9 Å². The van der Waals surface area contributed by atoms with Crippen LogP contribution in [0.1, 0.15) is 130 Å². The number of ether oxygens (including phenoxy) is 3. The van der Waals surface area contributed by atoms with Crippen LogP contribution in [-0.2, 0) is 46.6 Å². The zero-order valence-electron chi connectivity index (χ0n) is 35.4. The van der Waals surface area contributed by atoms with Crippen molar-refractivity contribution in [2.45, 2.75) is 168 Å². The van der Waals surface area contributed by atoms with Crippen LogP contribution in [0, 0.1) is 17.8 Å². The first-order chi connectivity index (χ1) is 27.4. The molecule has 0 bridgehead atoms. The molecule has 57 heavy (non-hydrogen) atoms. The van der Waals surface area contributed by atoms with Gasteiger partial charge in [-0.1, -0.05) is 166 Å². The van der Waals surface area contributed by atoms with Gasteiger partial charge >= 0.3 is 5.97 Å². The second-order valence-corrected chi connectivity index (χ2v) is 16.2. The maximum Gasteiger partial charge on any atom is 0.331 e. The van der Waals surface area contributed by atoms with E-state index in [0.717, 1.165) is 30.4 Å². The van der Waals surface area contributed by atoms with E-state index in [2.05, 4.69) is 22.9 Å². The fourth-order valence-electron chi connectivity index (χ4n) is 7.19. The summed E-state index contributed by atoms with van der Waals surface area (Å²) in [4.78, 5) is 56.1. The molecule has 0 radical (unpaired) electrons. The number of aliphatic hydroxyl groups excluding tert-OH is 1. The first-order valence-corrected chi connectivity index (χ1v) is 21.5. The molecular weight excluding hydrogens is 723 g/mol. The van der Waals surface area contributed by atoms with Crippen molar-refractivity contribution >= 4 is 23.7 Å². The molecule has 0 saturated carbocycles. The van der Waals surface area contributed by atoms with Crippen LogP contribution in [-0.4, -0.2) is 71.8 Å². The van der Waals surface area contributed by atoms with Crippen LogP contribution in [0.15, 0.2) is 60.7 Å². The maximum absolute atomic E-state index is 14.1. The molecule has 3 rings (SSSR count). The summed E-state index contributed by atoms with van der Waals surface area (Å²) in [5, 5.41) is 19.9. The molecule has 11 heteroatoms. The highest BCUT2D eigenvalue weighted by atomic mass is 16.6. The number of hydrogen-bond acceptors (Lipinski definition) is 8. The molecule has 8 atom stereocenters. The zero-order valence-corrected chi connectivity index (χ0v) is 35.4. The lowest BCUT2D eigenvalue weighted by atomic mass is 9.86. The van der Waals surface area contributed by atoms with E-state index in [9.17, 15) is 24.3 Å². The van der Waals surface area contributed by atoms with Gasteiger partial charge in [0.25, 0.3) is 0 Å². The molecule has 0 aromatic heterocycles. The fraction of sp³-hybridized carbons (Fsp3) is 0.652. The van der Waals surface area contributed by atoms with Crippen molar-refractivity contribution in [1.29, 1.82) is 0 Å². The molecule has 4 N–H and O–H groups in total. The van der Waals surface area contributed by atoms with E-state index in [4.69, 9.17) is 14.2 Å². The van der Waals surface area contributed by atoms with Gasteiger partial charge in [0, 0.05) is 5.92 Å². The molecule has 11 nitrogen and oxygen atoms in total. The molecule has 318 valence electrons. The van der Waals surface area contributed by atoms with Crippen molar-refractivity contribution in [2.24, 2.45) is 17.8 Å². The summed E-state index contributed by atoms with van der Waals surface area (Å²) in [5.41, 5.74) is 1.75. The molecule has 0 unspecified atom stereocenters. The number of amides is 3. The predicted molar refractivity (Wildman–Crippen MR) is 223 cm³/mol. The highest BCUT2D eigenvalue weighted by molar-refractivity contribution is 5.94. The normalized spacial score (nSPS) is 22.6. The van der Waals surface area contributed by atoms with E-state index < -0.39 is 72.0 Å². The van der Waals surface area contributed by atoms with E-state index in [1.54, 1.807) is 34.6 Å². The summed E-state index contributed by atoms with van der Waals surface area (Å²) in [7, 11) is 0. The SMILES string of the molecule is CCCCCCCCCCCCC[C@@H](O)[C@H](C)[C@H]1OC(=O)[C@H](COCc2ccccc2)NC(=O)[C@H]([C@@H](C)OCc2ccccc2)NC(=O)[C@H](C(C)C)NC(=O)[C@@H]1C. The average molecular weight is 794 g/mol. The highest BCUT2D eigenvalue weighted by Crippen LogP contribution is 2.26. The first kappa shape index (κ1) is 47.6. The second-order valence-electron chi connectivity index (χ2n) is 16.2. The van der Waals surface area contributed by atoms with E-state index in [1.165, 1.54) is 51.4 Å². The Hall–Kier alpha value is -3.80. The van der Waals surface area contributed by atoms with E-state index in [-0.39, 0.29) is 25.7 Å². The third-order valence-corrected chi connectivity index (χ3v) is 11.0. The van der Waals surface area contributed by atoms with Gasteiger partial charge in [-0.25, -0.2) is 4.79 Å². The van der Waals surface area contributed by atoms with Crippen molar-refractivity contribution in [3.8, 4) is 0 Å². The van der Waals surface area contributed by atoms with E-state index in [1.807, 2.05) is 60.7 Å². The molecule has 1 heterocycles. The van der Waals surface area contributed by atoms with Crippen LogP contribution in [0.2, 0.25) is 0 Å². The zero-order chi connectivity index (χ0) is 41.6. The Morgan fingerprint density at radius 2 is 1.18 bits per heavy atom. The van der Waals surface area contributed by atoms with Crippen molar-refractivity contribution in [2.75, 3.05) is 6.61 Å². The second kappa shape index (κ2) is 26.3. The van der Waals surface area contributed by atoms with Gasteiger partial charge in [-0.3, -0.25) is 14.4 Å². The number of nitrogens with one attached hydrogen (secondary N) is 3. The molecule has 3 amide bonds. The van der Waals surface area contributed by atoms with Gasteiger partial charge in [-0.05, 0) is 30.4 Å². The summed E-state index contributed by atoms with van der Waals surface area (Å²) in [5.74, 6) is -4.46. The quantitative estimate of drug-likeness (QED) is 0.0683. The van der Waals surface area contributed by atoms with E-state index in [0.29, 0.717) is 6.42 Å². The molecule has 0 spiro atoms. The van der Waals surface area contributed by atoms with Gasteiger partial charge in [-0.2, -0.15) is 0 Å². The van der Waals surface area contributed by atoms with Crippen molar-refractivity contribution in [3.05, 3.63) is 71.8 Å². The highest BCUT2D eigenvalue weighted by Gasteiger charge is 2.41. The minimum absolute atomic E-state index is 0.170. The van der Waals surface area contributed by atoms with Crippen LogP contribution >= 0.6 is 0 Å². The Morgan fingerprint density at radius 3 is 1.74 bits per heavy atom. The molecule has 2 aromatic carbocycles. The summed E-state index contributed by atoms with van der Waals surface area (Å²) >= 11 is 0. The predicted octanol–water partition coefficient (Wildman–Crippen LogP) is 7.18. The van der Waals surface area contributed by atoms with Crippen LogP contribution in [0.4, 0.5) is 0 Å². The van der Waals surface area contributed by atoms with Crippen molar-refractivity contribution in [1.82, 2.24) is 16.0 Å². The third kappa shape index (κ3) is 16.9. The topological polar surface area (TPSA) is 152 Å². The fourth-order valence-corrected chi connectivity index (χ4v) is 7.19. The molecule has 1 aliphatic heterocycles. The third-order valence-electron chi connectivity index (χ3n) is 11.0. The van der Waals surface area contributed by atoms with Gasteiger partial charge in [0.1, 0.15) is 18.2 Å². The minimum atomic E-state index is -1.29. The van der Waals surface area contributed by atoms with Gasteiger partial charge in [0.15, 0.2) is 6.04 Å². The van der Waals surface area contributed by atoms with E-state index >= 15 is 0 Å². The number of aliphatic hydroxyl groups is 1. The Bertz CT molecular complexity index is 1460. The number of hydrogen-bond donors (Lipinski definition) is 4. The van der Waals surface area contributed by atoms with Crippen molar-refractivity contribution < 1.29 is 38.5 Å². The number of esters is 1. The van der Waals surface area contributed by atoms with Gasteiger partial charge < -0.3 is 35.3 Å². The minimum Gasteiger partial charge on any atom is -0.460 e. The maximum atomic E-state index is 14.1. The molecule has 1 fully saturated rings. The van der Waals surface area contributed by atoms with Crippen molar-refractivity contribution in [3.63, 3.8) is 0 Å². The Labute approximate surface area is 341 Å². The summed E-state index contributed by atoms with van der Waals surface area (Å²) in [6.07, 6.45) is 10.7. The van der Waals surface area contributed by atoms with Gasteiger partial charge in [0.2, 0.25) is 17.7 Å². The Balaban J connectivity index is 1.80. The molecule has 2 aromatic rings. The summed E-state index contributed by atoms with van der Waals surface area (Å²) in [6.45, 7) is 11.0. The number of carbonyl (C=O) groups is 4. The number of benzene rings is 2. The first-order valence-electron chi connectivity index (χ1n) is 21.5. The monoisotopic (exact) mass is 794 g/mol. The largest absolute Gasteiger partial charge is 0.460 e. The van der Waals surface area contributed by atoms with Gasteiger partial charge in [-0.15, -0.1) is 0 Å². The number of carbonyl (C=O) groups excluding carboxylic acids is 4. The number of cyclic esters (lactones) is 1. The van der Waals surface area contributed by atoms with Crippen LogP contribution in [0.5, 0.6) is 0 Å². The molecule has 1 saturated heterocycles. The summed E-state index contributed by atoms with van der Waals surface area (Å²) in [6, 6.07) is 15.3. The molecular formula is C46H71N3O8. The van der Waals surface area contributed by atoms with Crippen LogP contribution in [0.3, 0.4) is 0 Å². The lowest BCUT2D eigenvalue weighted by molar-refractivity contribution is -0.165. The lowest BCUT2D eigenvalue weighted by Gasteiger charge is -2.33. The smallest absolute Gasteiger partial charge is 0.331 e. The average Bonchev–Trinajstić information content (AvgIpc) is 3.21. The lowest BCUT2D eigenvalue weighted by Crippen LogP contribution is -2.60. The number of rotatable bonds is 23. The Morgan fingerprint density at radius 1 is 0.667 bits per heavy atom. The summed E-state index contributed by atoms with van der Waals surface area (Å²) < 4.78 is 18.2.